The Morgan fingerprint density at radius 1 is 1.36 bits per heavy atom. The van der Waals surface area contributed by atoms with Gasteiger partial charge in [-0.15, -0.1) is 12.4 Å². The van der Waals surface area contributed by atoms with Gasteiger partial charge in [-0.25, -0.2) is 13.1 Å². The summed E-state index contributed by atoms with van der Waals surface area (Å²) in [6, 6.07) is 8.50. The third kappa shape index (κ3) is 5.25. The molecule has 5 nitrogen and oxygen atoms in total. The first-order chi connectivity index (χ1) is 10.0. The molecule has 0 spiro atoms. The van der Waals surface area contributed by atoms with Gasteiger partial charge < -0.3 is 5.73 Å². The number of sulfonamides is 1. The van der Waals surface area contributed by atoms with Gasteiger partial charge in [-0.2, -0.15) is 5.26 Å². The van der Waals surface area contributed by atoms with Gasteiger partial charge in [0.25, 0.3) is 0 Å². The largest absolute Gasteiger partial charge is 0.329 e. The maximum Gasteiger partial charge on any atom is 0.216 e. The third-order valence-corrected chi connectivity index (χ3v) is 5.34. The number of halogens is 1. The smallest absolute Gasteiger partial charge is 0.216 e. The number of benzene rings is 1. The molecule has 0 radical (unpaired) electrons. The van der Waals surface area contributed by atoms with Gasteiger partial charge in [-0.1, -0.05) is 25.0 Å². The van der Waals surface area contributed by atoms with Crippen molar-refractivity contribution in [1.82, 2.24) is 4.72 Å². The summed E-state index contributed by atoms with van der Waals surface area (Å²) in [6.07, 6.45) is 4.36. The number of nitriles is 1. The van der Waals surface area contributed by atoms with Crippen LogP contribution in [0.4, 0.5) is 0 Å². The third-order valence-electron chi connectivity index (χ3n) is 3.97. The van der Waals surface area contributed by atoms with Crippen molar-refractivity contribution in [1.29, 1.82) is 5.26 Å². The molecule has 1 atom stereocenters. The molecule has 0 bridgehead atoms. The lowest BCUT2D eigenvalue weighted by molar-refractivity contribution is 0.405. The van der Waals surface area contributed by atoms with Crippen LogP contribution in [0.5, 0.6) is 0 Å². The molecule has 0 amide bonds. The lowest BCUT2D eigenvalue weighted by Gasteiger charge is -2.23. The summed E-state index contributed by atoms with van der Waals surface area (Å²) in [4.78, 5) is 0. The number of nitrogens with two attached hydrogens (primary N) is 1. The fourth-order valence-electron chi connectivity index (χ4n) is 2.92. The number of hydrogen-bond acceptors (Lipinski definition) is 4. The Morgan fingerprint density at radius 2 is 2.05 bits per heavy atom. The second-order valence-corrected chi connectivity index (χ2v) is 7.33. The van der Waals surface area contributed by atoms with Crippen LogP contribution >= 0.6 is 12.4 Å². The zero-order chi connectivity index (χ0) is 15.3. The van der Waals surface area contributed by atoms with E-state index in [2.05, 4.69) is 4.72 Å². The van der Waals surface area contributed by atoms with E-state index >= 15 is 0 Å². The average molecular weight is 344 g/mol. The summed E-state index contributed by atoms with van der Waals surface area (Å²) in [5.41, 5.74) is 6.81. The highest BCUT2D eigenvalue weighted by molar-refractivity contribution is 7.88. The zero-order valence-electron chi connectivity index (χ0n) is 12.4. The number of nitrogens with zero attached hydrogens (tertiary/aromatic N) is 1. The van der Waals surface area contributed by atoms with Crippen molar-refractivity contribution in [3.05, 3.63) is 35.4 Å². The first-order valence-electron chi connectivity index (χ1n) is 7.23. The molecule has 7 heteroatoms. The van der Waals surface area contributed by atoms with E-state index in [-0.39, 0.29) is 24.2 Å². The number of nitrogens with one attached hydrogen (secondary N) is 1. The van der Waals surface area contributed by atoms with E-state index in [1.807, 2.05) is 6.07 Å². The van der Waals surface area contributed by atoms with E-state index in [4.69, 9.17) is 11.0 Å². The van der Waals surface area contributed by atoms with E-state index in [1.54, 1.807) is 24.3 Å². The summed E-state index contributed by atoms with van der Waals surface area (Å²) in [6.45, 7) is 0.322. The van der Waals surface area contributed by atoms with Crippen LogP contribution in [0.25, 0.3) is 0 Å². The Bertz CT molecular complexity index is 622. The molecule has 2 rings (SSSR count). The van der Waals surface area contributed by atoms with E-state index in [0.29, 0.717) is 23.6 Å². The topological polar surface area (TPSA) is 96.0 Å². The minimum Gasteiger partial charge on any atom is -0.329 e. The first-order valence-corrected chi connectivity index (χ1v) is 8.88. The van der Waals surface area contributed by atoms with Gasteiger partial charge in [-0.3, -0.25) is 0 Å². The van der Waals surface area contributed by atoms with Crippen LogP contribution in [0.2, 0.25) is 0 Å². The SMILES string of the molecule is Cl.N#Cc1cccc(CS(=O)(=O)NC(CN)C2CCCC2)c1. The maximum absolute atomic E-state index is 12.3. The highest BCUT2D eigenvalue weighted by atomic mass is 35.5. The second-order valence-electron chi connectivity index (χ2n) is 5.58. The quantitative estimate of drug-likeness (QED) is 0.824. The first kappa shape index (κ1) is 18.9. The van der Waals surface area contributed by atoms with Crippen LogP contribution in [0.1, 0.15) is 36.8 Å². The van der Waals surface area contributed by atoms with Gasteiger partial charge in [0.1, 0.15) is 0 Å². The monoisotopic (exact) mass is 343 g/mol. The molecule has 122 valence electrons. The number of hydrogen-bond donors (Lipinski definition) is 2. The fourth-order valence-corrected chi connectivity index (χ4v) is 4.37. The molecule has 1 aromatic carbocycles. The minimum atomic E-state index is -3.45. The van der Waals surface area contributed by atoms with Crippen LogP contribution in [-0.4, -0.2) is 21.0 Å². The van der Waals surface area contributed by atoms with Crippen LogP contribution < -0.4 is 10.5 Å². The molecule has 1 unspecified atom stereocenters. The van der Waals surface area contributed by atoms with Crippen molar-refractivity contribution in [2.45, 2.75) is 37.5 Å². The molecule has 0 heterocycles. The summed E-state index contributed by atoms with van der Waals surface area (Å²) < 4.78 is 27.3. The highest BCUT2D eigenvalue weighted by Crippen LogP contribution is 2.27. The predicted molar refractivity (Wildman–Crippen MR) is 89.0 cm³/mol. The van der Waals surface area contributed by atoms with Gasteiger partial charge in [-0.05, 0) is 36.5 Å². The van der Waals surface area contributed by atoms with Crippen LogP contribution in [0.15, 0.2) is 24.3 Å². The van der Waals surface area contributed by atoms with Gasteiger partial charge in [0.2, 0.25) is 10.0 Å². The Hall–Kier alpha value is -1.13. The molecular formula is C15H22ClN3O2S. The Kier molecular flexibility index (Phi) is 7.30. The lowest BCUT2D eigenvalue weighted by Crippen LogP contribution is -2.44. The normalized spacial score (nSPS) is 16.7. The molecule has 1 saturated carbocycles. The zero-order valence-corrected chi connectivity index (χ0v) is 14.0. The molecule has 1 aliphatic rings. The van der Waals surface area contributed by atoms with Crippen LogP contribution in [0.3, 0.4) is 0 Å². The van der Waals surface area contributed by atoms with E-state index in [0.717, 1.165) is 25.7 Å². The van der Waals surface area contributed by atoms with Crippen molar-refractivity contribution < 1.29 is 8.42 Å². The summed E-state index contributed by atoms with van der Waals surface area (Å²) in [5, 5.41) is 8.86. The molecule has 0 aromatic heterocycles. The van der Waals surface area contributed by atoms with Gasteiger partial charge in [0.05, 0.1) is 17.4 Å². The molecule has 0 saturated heterocycles. The molecular weight excluding hydrogens is 322 g/mol. The maximum atomic E-state index is 12.3. The number of rotatable bonds is 6. The predicted octanol–water partition coefficient (Wildman–Crippen LogP) is 1.92. The van der Waals surface area contributed by atoms with Crippen LogP contribution in [0, 0.1) is 17.2 Å². The summed E-state index contributed by atoms with van der Waals surface area (Å²) >= 11 is 0. The Labute approximate surface area is 138 Å². The van der Waals surface area contributed by atoms with Crippen molar-refractivity contribution >= 4 is 22.4 Å². The average Bonchev–Trinajstić information content (AvgIpc) is 2.98. The van der Waals surface area contributed by atoms with Crippen molar-refractivity contribution in [3.63, 3.8) is 0 Å². The van der Waals surface area contributed by atoms with Gasteiger partial charge >= 0.3 is 0 Å². The van der Waals surface area contributed by atoms with Gasteiger partial charge in [0.15, 0.2) is 0 Å². The van der Waals surface area contributed by atoms with Crippen molar-refractivity contribution in [2.24, 2.45) is 11.7 Å². The Morgan fingerprint density at radius 3 is 2.64 bits per heavy atom. The van der Waals surface area contributed by atoms with E-state index in [1.165, 1.54) is 0 Å². The van der Waals surface area contributed by atoms with Crippen molar-refractivity contribution in [3.8, 4) is 6.07 Å². The van der Waals surface area contributed by atoms with Crippen LogP contribution in [-0.2, 0) is 15.8 Å². The summed E-state index contributed by atoms with van der Waals surface area (Å²) in [7, 11) is -3.45. The molecule has 22 heavy (non-hydrogen) atoms. The van der Waals surface area contributed by atoms with E-state index < -0.39 is 10.0 Å². The van der Waals surface area contributed by atoms with Gasteiger partial charge in [0, 0.05) is 12.6 Å². The fraction of sp³-hybridized carbons (Fsp3) is 0.533. The molecule has 1 aliphatic carbocycles. The highest BCUT2D eigenvalue weighted by Gasteiger charge is 2.27. The standard InChI is InChI=1S/C15H21N3O2S.ClH/c16-9-12-4-3-5-13(8-12)11-21(19,20)18-15(10-17)14-6-1-2-7-14;/h3-5,8,14-15,18H,1-2,6-7,10-11,17H2;1H. The molecule has 0 aliphatic heterocycles. The molecule has 1 fully saturated rings. The summed E-state index contributed by atoms with van der Waals surface area (Å²) in [5.74, 6) is 0.223. The minimum absolute atomic E-state index is 0. The molecule has 1 aromatic rings. The van der Waals surface area contributed by atoms with Crippen molar-refractivity contribution in [2.75, 3.05) is 6.54 Å². The lowest BCUT2D eigenvalue weighted by atomic mass is 9.99. The second kappa shape index (κ2) is 8.49. The Balaban J connectivity index is 0.00000242. The van der Waals surface area contributed by atoms with E-state index in [9.17, 15) is 8.42 Å². The molecule has 3 N–H and O–H groups in total.